The lowest BCUT2D eigenvalue weighted by Gasteiger charge is -2.30. The molecule has 1 saturated heterocycles. The van der Waals surface area contributed by atoms with Crippen LogP contribution < -0.4 is 16.0 Å². The fourth-order valence-electron chi connectivity index (χ4n) is 2.26. The number of para-hydroxylation sites is 1. The maximum absolute atomic E-state index is 5.84. The lowest BCUT2D eigenvalue weighted by molar-refractivity contribution is 0.122. The number of hydrogen-bond donors (Lipinski definition) is 2. The van der Waals surface area contributed by atoms with Crippen LogP contribution in [0.2, 0.25) is 0 Å². The first-order valence-corrected chi connectivity index (χ1v) is 7.24. The highest BCUT2D eigenvalue weighted by molar-refractivity contribution is 14.0. The first-order valence-electron chi connectivity index (χ1n) is 7.24. The van der Waals surface area contributed by atoms with Crippen molar-refractivity contribution in [3.05, 3.63) is 29.8 Å². The van der Waals surface area contributed by atoms with Gasteiger partial charge in [0.15, 0.2) is 5.96 Å². The SMILES string of the molecule is COCCNC(N)=NCc1ccccc1N1CCOCC1.I. The van der Waals surface area contributed by atoms with Gasteiger partial charge in [-0.25, -0.2) is 4.99 Å². The Morgan fingerprint density at radius 2 is 2.09 bits per heavy atom. The second-order valence-electron chi connectivity index (χ2n) is 4.85. The molecule has 1 aromatic carbocycles. The van der Waals surface area contributed by atoms with Gasteiger partial charge in [0.1, 0.15) is 0 Å². The Morgan fingerprint density at radius 1 is 1.36 bits per heavy atom. The first-order chi connectivity index (χ1) is 10.3. The molecule has 1 aromatic rings. The Hall–Kier alpha value is -1.06. The van der Waals surface area contributed by atoms with Gasteiger partial charge >= 0.3 is 0 Å². The Kier molecular flexibility index (Phi) is 9.17. The molecule has 22 heavy (non-hydrogen) atoms. The summed E-state index contributed by atoms with van der Waals surface area (Å²) in [6.07, 6.45) is 0. The van der Waals surface area contributed by atoms with Crippen molar-refractivity contribution < 1.29 is 9.47 Å². The number of nitrogens with two attached hydrogens (primary N) is 1. The van der Waals surface area contributed by atoms with Crippen molar-refractivity contribution in [2.24, 2.45) is 10.7 Å². The van der Waals surface area contributed by atoms with Crippen LogP contribution in [0.5, 0.6) is 0 Å². The van der Waals surface area contributed by atoms with Gasteiger partial charge in [-0.05, 0) is 11.6 Å². The van der Waals surface area contributed by atoms with E-state index in [0.29, 0.717) is 25.7 Å². The molecule has 7 heteroatoms. The third-order valence-corrected chi connectivity index (χ3v) is 3.38. The molecule has 0 aromatic heterocycles. The predicted molar refractivity (Wildman–Crippen MR) is 100 cm³/mol. The van der Waals surface area contributed by atoms with E-state index in [0.717, 1.165) is 26.3 Å². The monoisotopic (exact) mass is 420 g/mol. The maximum Gasteiger partial charge on any atom is 0.188 e. The average molecular weight is 420 g/mol. The van der Waals surface area contributed by atoms with Gasteiger partial charge in [-0.15, -0.1) is 24.0 Å². The summed E-state index contributed by atoms with van der Waals surface area (Å²) in [6, 6.07) is 8.31. The van der Waals surface area contributed by atoms with Gasteiger partial charge in [-0.2, -0.15) is 0 Å². The van der Waals surface area contributed by atoms with Crippen molar-refractivity contribution in [2.75, 3.05) is 51.5 Å². The second kappa shape index (κ2) is 10.6. The highest BCUT2D eigenvalue weighted by atomic mass is 127. The number of nitrogens with zero attached hydrogens (tertiary/aromatic N) is 2. The van der Waals surface area contributed by atoms with Crippen LogP contribution in [0.25, 0.3) is 0 Å². The van der Waals surface area contributed by atoms with E-state index < -0.39 is 0 Å². The molecule has 0 bridgehead atoms. The molecule has 0 amide bonds. The number of halogens is 1. The molecular weight excluding hydrogens is 395 g/mol. The van der Waals surface area contributed by atoms with E-state index in [9.17, 15) is 0 Å². The minimum absolute atomic E-state index is 0. The summed E-state index contributed by atoms with van der Waals surface area (Å²) in [5.74, 6) is 0.448. The van der Waals surface area contributed by atoms with E-state index >= 15 is 0 Å². The summed E-state index contributed by atoms with van der Waals surface area (Å²) < 4.78 is 10.4. The minimum Gasteiger partial charge on any atom is -0.383 e. The van der Waals surface area contributed by atoms with E-state index in [-0.39, 0.29) is 24.0 Å². The fourth-order valence-corrected chi connectivity index (χ4v) is 2.26. The molecule has 6 nitrogen and oxygen atoms in total. The number of nitrogens with one attached hydrogen (secondary N) is 1. The van der Waals surface area contributed by atoms with Crippen molar-refractivity contribution >= 4 is 35.6 Å². The van der Waals surface area contributed by atoms with Crippen LogP contribution in [0.3, 0.4) is 0 Å². The number of anilines is 1. The van der Waals surface area contributed by atoms with Crippen LogP contribution >= 0.6 is 24.0 Å². The van der Waals surface area contributed by atoms with E-state index in [2.05, 4.69) is 33.4 Å². The van der Waals surface area contributed by atoms with Gasteiger partial charge in [0.2, 0.25) is 0 Å². The summed E-state index contributed by atoms with van der Waals surface area (Å²) in [5.41, 5.74) is 8.23. The lowest BCUT2D eigenvalue weighted by atomic mass is 10.1. The zero-order valence-electron chi connectivity index (χ0n) is 13.0. The topological polar surface area (TPSA) is 72.1 Å². The molecule has 0 spiro atoms. The summed E-state index contributed by atoms with van der Waals surface area (Å²) in [4.78, 5) is 6.73. The number of hydrogen-bond acceptors (Lipinski definition) is 4. The van der Waals surface area contributed by atoms with Crippen molar-refractivity contribution in [3.8, 4) is 0 Å². The molecule has 1 heterocycles. The molecular formula is C15H25IN4O2. The fraction of sp³-hybridized carbons (Fsp3) is 0.533. The Labute approximate surface area is 149 Å². The van der Waals surface area contributed by atoms with Gasteiger partial charge in [0.25, 0.3) is 0 Å². The van der Waals surface area contributed by atoms with Crippen LogP contribution in [0.1, 0.15) is 5.56 Å². The minimum atomic E-state index is 0. The Morgan fingerprint density at radius 3 is 2.82 bits per heavy atom. The smallest absolute Gasteiger partial charge is 0.188 e. The van der Waals surface area contributed by atoms with E-state index in [1.807, 2.05) is 6.07 Å². The molecule has 2 rings (SSSR count). The molecule has 3 N–H and O–H groups in total. The van der Waals surface area contributed by atoms with Crippen molar-refractivity contribution in [1.29, 1.82) is 0 Å². The quantitative estimate of drug-likeness (QED) is 0.313. The highest BCUT2D eigenvalue weighted by Gasteiger charge is 2.13. The number of rotatable bonds is 6. The molecule has 1 aliphatic heterocycles. The zero-order chi connectivity index (χ0) is 14.9. The predicted octanol–water partition coefficient (Wildman–Crippen LogP) is 1.19. The number of morpholine rings is 1. The van der Waals surface area contributed by atoms with Gasteiger partial charge in [-0.3, -0.25) is 0 Å². The Bertz CT molecular complexity index is 465. The van der Waals surface area contributed by atoms with Crippen molar-refractivity contribution in [2.45, 2.75) is 6.54 Å². The second-order valence-corrected chi connectivity index (χ2v) is 4.85. The van der Waals surface area contributed by atoms with Gasteiger partial charge in [0, 0.05) is 32.4 Å². The first kappa shape index (κ1) is 19.0. The van der Waals surface area contributed by atoms with Crippen molar-refractivity contribution in [1.82, 2.24) is 5.32 Å². The molecule has 0 atom stereocenters. The third-order valence-electron chi connectivity index (χ3n) is 3.38. The number of benzene rings is 1. The van der Waals surface area contributed by atoms with Gasteiger partial charge in [-0.1, -0.05) is 18.2 Å². The van der Waals surface area contributed by atoms with Crippen LogP contribution in [-0.4, -0.2) is 52.5 Å². The normalized spacial score (nSPS) is 15.3. The summed E-state index contributed by atoms with van der Waals surface area (Å²) in [5, 5.41) is 3.02. The molecule has 1 fully saturated rings. The summed E-state index contributed by atoms with van der Waals surface area (Å²) in [7, 11) is 1.66. The van der Waals surface area contributed by atoms with E-state index in [1.165, 1.54) is 11.3 Å². The van der Waals surface area contributed by atoms with E-state index in [1.54, 1.807) is 7.11 Å². The molecule has 0 unspecified atom stereocenters. The Balaban J connectivity index is 0.00000242. The maximum atomic E-state index is 5.84. The van der Waals surface area contributed by atoms with Crippen LogP contribution in [0.4, 0.5) is 5.69 Å². The number of aliphatic imine (C=N–C) groups is 1. The summed E-state index contributed by atoms with van der Waals surface area (Å²) >= 11 is 0. The third kappa shape index (κ3) is 5.98. The molecule has 1 aliphatic rings. The zero-order valence-corrected chi connectivity index (χ0v) is 15.3. The molecule has 0 saturated carbocycles. The van der Waals surface area contributed by atoms with Crippen molar-refractivity contribution in [3.63, 3.8) is 0 Å². The standard InChI is InChI=1S/C15H24N4O2.HI/c1-20-9-6-17-15(16)18-12-13-4-2-3-5-14(13)19-7-10-21-11-8-19;/h2-5H,6-12H2,1H3,(H3,16,17,18);1H. The highest BCUT2D eigenvalue weighted by Crippen LogP contribution is 2.22. The average Bonchev–Trinajstić information content (AvgIpc) is 2.54. The van der Waals surface area contributed by atoms with Crippen LogP contribution in [0.15, 0.2) is 29.3 Å². The summed E-state index contributed by atoms with van der Waals surface area (Å²) in [6.45, 7) is 5.23. The van der Waals surface area contributed by atoms with Crippen LogP contribution in [-0.2, 0) is 16.0 Å². The van der Waals surface area contributed by atoms with E-state index in [4.69, 9.17) is 15.2 Å². The molecule has 124 valence electrons. The number of ether oxygens (including phenoxy) is 2. The molecule has 0 aliphatic carbocycles. The molecule has 0 radical (unpaired) electrons. The van der Waals surface area contributed by atoms with Gasteiger partial charge in [0.05, 0.1) is 26.4 Å². The number of methoxy groups -OCH3 is 1. The van der Waals surface area contributed by atoms with Gasteiger partial charge < -0.3 is 25.4 Å². The van der Waals surface area contributed by atoms with Crippen LogP contribution in [0, 0.1) is 0 Å². The lowest BCUT2D eigenvalue weighted by Crippen LogP contribution is -2.37. The largest absolute Gasteiger partial charge is 0.383 e. The number of guanidine groups is 1.